The molecule has 1 heterocycles. The van der Waals surface area contributed by atoms with Gasteiger partial charge in [0.1, 0.15) is 5.69 Å². The van der Waals surface area contributed by atoms with Gasteiger partial charge in [-0.3, -0.25) is 25.8 Å². The van der Waals surface area contributed by atoms with Crippen LogP contribution in [-0.2, 0) is 0 Å². The predicted octanol–water partition coefficient (Wildman–Crippen LogP) is 1.65. The van der Waals surface area contributed by atoms with Gasteiger partial charge < -0.3 is 10.6 Å². The quantitative estimate of drug-likeness (QED) is 0.465. The third kappa shape index (κ3) is 4.21. The molecule has 1 amide bonds. The molecule has 0 spiro atoms. The molecule has 2 unspecified atom stereocenters. The summed E-state index contributed by atoms with van der Waals surface area (Å²) in [5.41, 5.74) is 6.93. The Hall–Kier alpha value is -2.19. The zero-order valence-corrected chi connectivity index (χ0v) is 14.4. The Morgan fingerprint density at radius 2 is 1.92 bits per heavy atom. The maximum atomic E-state index is 12.0. The van der Waals surface area contributed by atoms with E-state index in [0.717, 1.165) is 0 Å². The fourth-order valence-electron chi connectivity index (χ4n) is 2.81. The van der Waals surface area contributed by atoms with Gasteiger partial charge in [-0.2, -0.15) is 0 Å². The number of hydrogen-bond donors (Lipinski definition) is 4. The molecule has 1 aromatic carbocycles. The number of nitrogens with one attached hydrogen (secondary N) is 4. The summed E-state index contributed by atoms with van der Waals surface area (Å²) in [7, 11) is 0. The number of amides is 1. The first-order valence-electron chi connectivity index (χ1n) is 8.13. The van der Waals surface area contributed by atoms with E-state index in [2.05, 4.69) is 35.3 Å². The summed E-state index contributed by atoms with van der Waals surface area (Å²) in [6.07, 6.45) is 0. The molecule has 0 bridgehead atoms. The standard InChI is InChI=1S/C16H25N5O3/c1-9(2)18-16(22)12-5-6-14(15(7-12)21(23)24)17-8-13-10(3)19-20-11(13)4/h5-7,9-11,13,17,19-20H,8H2,1-4H3,(H,18,22). The van der Waals surface area contributed by atoms with Crippen molar-refractivity contribution in [1.82, 2.24) is 16.2 Å². The van der Waals surface area contributed by atoms with Gasteiger partial charge in [0.15, 0.2) is 0 Å². The molecule has 2 rings (SSSR count). The molecule has 1 fully saturated rings. The van der Waals surface area contributed by atoms with Gasteiger partial charge >= 0.3 is 0 Å². The van der Waals surface area contributed by atoms with E-state index in [-0.39, 0.29) is 35.3 Å². The van der Waals surface area contributed by atoms with Crippen LogP contribution in [-0.4, -0.2) is 35.5 Å². The Bertz CT molecular complexity index is 610. The third-order valence-electron chi connectivity index (χ3n) is 4.23. The van der Waals surface area contributed by atoms with Crippen molar-refractivity contribution in [3.05, 3.63) is 33.9 Å². The molecular weight excluding hydrogens is 310 g/mol. The van der Waals surface area contributed by atoms with Gasteiger partial charge in [0.2, 0.25) is 0 Å². The molecule has 1 aliphatic rings. The maximum Gasteiger partial charge on any atom is 0.293 e. The summed E-state index contributed by atoms with van der Waals surface area (Å²) >= 11 is 0. The summed E-state index contributed by atoms with van der Waals surface area (Å²) < 4.78 is 0. The van der Waals surface area contributed by atoms with Crippen molar-refractivity contribution in [2.75, 3.05) is 11.9 Å². The van der Waals surface area contributed by atoms with Crippen molar-refractivity contribution >= 4 is 17.3 Å². The average molecular weight is 335 g/mol. The van der Waals surface area contributed by atoms with Crippen LogP contribution >= 0.6 is 0 Å². The molecule has 8 nitrogen and oxygen atoms in total. The Kier molecular flexibility index (Phi) is 5.74. The number of hydrazine groups is 1. The Morgan fingerprint density at radius 3 is 2.46 bits per heavy atom. The molecule has 0 saturated carbocycles. The number of nitro benzene ring substituents is 1. The van der Waals surface area contributed by atoms with Crippen molar-refractivity contribution in [2.24, 2.45) is 5.92 Å². The molecule has 2 atom stereocenters. The third-order valence-corrected chi connectivity index (χ3v) is 4.23. The normalized spacial score (nSPS) is 23.3. The van der Waals surface area contributed by atoms with E-state index >= 15 is 0 Å². The first kappa shape index (κ1) is 18.2. The number of anilines is 1. The molecule has 0 aromatic heterocycles. The van der Waals surface area contributed by atoms with Crippen LogP contribution in [0.1, 0.15) is 38.1 Å². The lowest BCUT2D eigenvalue weighted by molar-refractivity contribution is -0.384. The Balaban J connectivity index is 2.15. The van der Waals surface area contributed by atoms with E-state index in [1.54, 1.807) is 12.1 Å². The molecular formula is C16H25N5O3. The molecule has 0 radical (unpaired) electrons. The lowest BCUT2D eigenvalue weighted by atomic mass is 9.96. The second-order valence-electron chi connectivity index (χ2n) is 6.53. The van der Waals surface area contributed by atoms with Gasteiger partial charge in [-0.1, -0.05) is 0 Å². The maximum absolute atomic E-state index is 12.0. The number of hydrogen-bond acceptors (Lipinski definition) is 6. The van der Waals surface area contributed by atoms with Gasteiger partial charge in [0, 0.05) is 42.2 Å². The van der Waals surface area contributed by atoms with Crippen molar-refractivity contribution < 1.29 is 9.72 Å². The Labute approximate surface area is 141 Å². The summed E-state index contributed by atoms with van der Waals surface area (Å²) in [5.74, 6) is -0.0143. The van der Waals surface area contributed by atoms with E-state index in [0.29, 0.717) is 18.2 Å². The van der Waals surface area contributed by atoms with E-state index < -0.39 is 4.92 Å². The highest BCUT2D eigenvalue weighted by atomic mass is 16.6. The number of nitro groups is 1. The summed E-state index contributed by atoms with van der Waals surface area (Å²) in [6, 6.07) is 5.02. The number of benzene rings is 1. The largest absolute Gasteiger partial charge is 0.379 e. The molecule has 24 heavy (non-hydrogen) atoms. The fourth-order valence-corrected chi connectivity index (χ4v) is 2.81. The second-order valence-corrected chi connectivity index (χ2v) is 6.53. The molecule has 1 aliphatic heterocycles. The smallest absolute Gasteiger partial charge is 0.293 e. The van der Waals surface area contributed by atoms with Crippen LogP contribution in [0, 0.1) is 16.0 Å². The van der Waals surface area contributed by atoms with Gasteiger partial charge in [-0.15, -0.1) is 0 Å². The summed E-state index contributed by atoms with van der Waals surface area (Å²) in [5, 5.41) is 17.2. The molecule has 1 saturated heterocycles. The molecule has 0 aliphatic carbocycles. The van der Waals surface area contributed by atoms with Crippen molar-refractivity contribution in [3.63, 3.8) is 0 Å². The van der Waals surface area contributed by atoms with Crippen molar-refractivity contribution in [1.29, 1.82) is 0 Å². The van der Waals surface area contributed by atoms with Crippen LogP contribution in [0.5, 0.6) is 0 Å². The van der Waals surface area contributed by atoms with Crippen LogP contribution in [0.2, 0.25) is 0 Å². The van der Waals surface area contributed by atoms with E-state index in [4.69, 9.17) is 0 Å². The fraction of sp³-hybridized carbons (Fsp3) is 0.562. The summed E-state index contributed by atoms with van der Waals surface area (Å²) in [6.45, 7) is 8.41. The molecule has 1 aromatic rings. The average Bonchev–Trinajstić information content (AvgIpc) is 2.83. The minimum absolute atomic E-state index is 0.0281. The minimum Gasteiger partial charge on any atom is -0.379 e. The van der Waals surface area contributed by atoms with Crippen LogP contribution < -0.4 is 21.5 Å². The molecule has 4 N–H and O–H groups in total. The summed E-state index contributed by atoms with van der Waals surface area (Å²) in [4.78, 5) is 22.9. The lowest BCUT2D eigenvalue weighted by Crippen LogP contribution is -2.31. The number of carbonyl (C=O) groups excluding carboxylic acids is 1. The van der Waals surface area contributed by atoms with Gasteiger partial charge in [-0.25, -0.2) is 0 Å². The second kappa shape index (κ2) is 7.59. The SMILES string of the molecule is CC(C)NC(=O)c1ccc(NCC2C(C)NNC2C)c([N+](=O)[O-])c1. The minimum atomic E-state index is -0.466. The zero-order chi connectivity index (χ0) is 17.9. The number of rotatable bonds is 6. The highest BCUT2D eigenvalue weighted by Crippen LogP contribution is 2.27. The first-order valence-corrected chi connectivity index (χ1v) is 8.13. The topological polar surface area (TPSA) is 108 Å². The lowest BCUT2D eigenvalue weighted by Gasteiger charge is -2.19. The van der Waals surface area contributed by atoms with Crippen LogP contribution in [0.25, 0.3) is 0 Å². The van der Waals surface area contributed by atoms with E-state index in [1.807, 2.05) is 13.8 Å². The van der Waals surface area contributed by atoms with Crippen molar-refractivity contribution in [3.8, 4) is 0 Å². The predicted molar refractivity (Wildman–Crippen MR) is 92.9 cm³/mol. The van der Waals surface area contributed by atoms with Crippen LogP contribution in [0.15, 0.2) is 18.2 Å². The molecule has 8 heteroatoms. The van der Waals surface area contributed by atoms with Crippen LogP contribution in [0.4, 0.5) is 11.4 Å². The number of carbonyl (C=O) groups is 1. The van der Waals surface area contributed by atoms with Gasteiger partial charge in [0.25, 0.3) is 11.6 Å². The first-order chi connectivity index (χ1) is 11.3. The zero-order valence-electron chi connectivity index (χ0n) is 14.4. The van der Waals surface area contributed by atoms with E-state index in [9.17, 15) is 14.9 Å². The van der Waals surface area contributed by atoms with Gasteiger partial charge in [-0.05, 0) is 39.8 Å². The Morgan fingerprint density at radius 1 is 1.29 bits per heavy atom. The van der Waals surface area contributed by atoms with Gasteiger partial charge in [0.05, 0.1) is 4.92 Å². The monoisotopic (exact) mass is 335 g/mol. The molecule has 132 valence electrons. The number of nitrogens with zero attached hydrogens (tertiary/aromatic N) is 1. The van der Waals surface area contributed by atoms with Crippen molar-refractivity contribution in [2.45, 2.75) is 45.8 Å². The highest BCUT2D eigenvalue weighted by Gasteiger charge is 2.30. The van der Waals surface area contributed by atoms with Crippen LogP contribution in [0.3, 0.4) is 0 Å². The highest BCUT2D eigenvalue weighted by molar-refractivity contribution is 5.95. The van der Waals surface area contributed by atoms with E-state index in [1.165, 1.54) is 6.07 Å².